The Morgan fingerprint density at radius 3 is 2.75 bits per heavy atom. The van der Waals surface area contributed by atoms with Gasteiger partial charge in [-0.3, -0.25) is 4.79 Å². The van der Waals surface area contributed by atoms with Crippen LogP contribution < -0.4 is 10.6 Å². The van der Waals surface area contributed by atoms with Gasteiger partial charge in [0.05, 0.1) is 12.1 Å². The smallest absolute Gasteiger partial charge is 0.333 e. The summed E-state index contributed by atoms with van der Waals surface area (Å²) in [5, 5.41) is 9.82. The molecule has 2 rings (SSSR count). The molecule has 1 aliphatic heterocycles. The normalized spacial score (nSPS) is 18.1. The van der Waals surface area contributed by atoms with Crippen molar-refractivity contribution >= 4 is 18.3 Å². The first kappa shape index (κ1) is 16.8. The number of hydrogen-bond donors (Lipinski definition) is 2. The highest BCUT2D eigenvalue weighted by molar-refractivity contribution is 5.85. The van der Waals surface area contributed by atoms with Gasteiger partial charge in [-0.05, 0) is 26.8 Å². The van der Waals surface area contributed by atoms with Crippen LogP contribution in [-0.2, 0) is 11.2 Å². The second-order valence-corrected chi connectivity index (χ2v) is 4.81. The maximum absolute atomic E-state index is 12.7. The van der Waals surface area contributed by atoms with E-state index in [1.165, 1.54) is 0 Å². The van der Waals surface area contributed by atoms with Crippen LogP contribution in [0.4, 0.5) is 8.78 Å². The van der Waals surface area contributed by atoms with Gasteiger partial charge in [-0.2, -0.15) is 13.9 Å². The van der Waals surface area contributed by atoms with Gasteiger partial charge in [0, 0.05) is 23.8 Å². The van der Waals surface area contributed by atoms with E-state index in [9.17, 15) is 13.6 Å². The molecule has 0 aromatic carbocycles. The fraction of sp³-hybridized carbons (Fsp3) is 0.667. The molecule has 0 radical (unpaired) electrons. The van der Waals surface area contributed by atoms with Crippen LogP contribution in [0.15, 0.2) is 0 Å². The van der Waals surface area contributed by atoms with Gasteiger partial charge in [-0.25, -0.2) is 4.68 Å². The molecule has 1 unspecified atom stereocenters. The average Bonchev–Trinajstić information content (AvgIpc) is 2.92. The number of nitrogens with zero attached hydrogens (tertiary/aromatic N) is 2. The number of rotatable bonds is 4. The number of aryl methyl sites for hydroxylation is 1. The third kappa shape index (κ3) is 3.67. The lowest BCUT2D eigenvalue weighted by atomic mass is 10.1. The minimum absolute atomic E-state index is 0. The zero-order valence-corrected chi connectivity index (χ0v) is 12.3. The number of alkyl halides is 2. The summed E-state index contributed by atoms with van der Waals surface area (Å²) in [6.07, 6.45) is 1.00. The SMILES string of the molecule is Cc1nn(C(F)F)c(C)c1CC(=O)NC1CCNC1.Cl. The predicted molar refractivity (Wildman–Crippen MR) is 73.3 cm³/mol. The number of amides is 1. The molecule has 2 heterocycles. The molecule has 0 bridgehead atoms. The number of aromatic nitrogens is 2. The number of halogens is 3. The van der Waals surface area contributed by atoms with E-state index < -0.39 is 6.55 Å². The molecule has 0 spiro atoms. The van der Waals surface area contributed by atoms with Gasteiger partial charge in [0.25, 0.3) is 0 Å². The molecule has 114 valence electrons. The highest BCUT2D eigenvalue weighted by Gasteiger charge is 2.21. The molecule has 1 aromatic rings. The van der Waals surface area contributed by atoms with E-state index in [1.54, 1.807) is 13.8 Å². The van der Waals surface area contributed by atoms with Crippen molar-refractivity contribution < 1.29 is 13.6 Å². The van der Waals surface area contributed by atoms with Crippen molar-refractivity contribution in [2.45, 2.75) is 39.3 Å². The first-order chi connectivity index (χ1) is 8.99. The minimum atomic E-state index is -2.67. The quantitative estimate of drug-likeness (QED) is 0.882. The summed E-state index contributed by atoms with van der Waals surface area (Å²) in [6, 6.07) is 0.137. The minimum Gasteiger partial charge on any atom is -0.352 e. The molecular formula is C12H19ClF2N4O. The standard InChI is InChI=1S/C12H18F2N4O.ClH/c1-7-10(8(2)18(17-7)12(13)14)5-11(19)16-9-3-4-15-6-9;/h9,12,15H,3-6H2,1-2H3,(H,16,19);1H. The van der Waals surface area contributed by atoms with Crippen LogP contribution in [0.25, 0.3) is 0 Å². The van der Waals surface area contributed by atoms with Crippen molar-refractivity contribution in [2.24, 2.45) is 0 Å². The lowest BCUT2D eigenvalue weighted by Crippen LogP contribution is -2.37. The fourth-order valence-corrected chi connectivity index (χ4v) is 2.36. The summed E-state index contributed by atoms with van der Waals surface area (Å²) in [4.78, 5) is 11.9. The highest BCUT2D eigenvalue weighted by atomic mass is 35.5. The summed E-state index contributed by atoms with van der Waals surface area (Å²) < 4.78 is 26.0. The van der Waals surface area contributed by atoms with Gasteiger partial charge < -0.3 is 10.6 Å². The maximum Gasteiger partial charge on any atom is 0.333 e. The van der Waals surface area contributed by atoms with Crippen LogP contribution >= 0.6 is 12.4 Å². The Labute approximate surface area is 122 Å². The van der Waals surface area contributed by atoms with Crippen LogP contribution in [0.2, 0.25) is 0 Å². The predicted octanol–water partition coefficient (Wildman–Crippen LogP) is 1.34. The second-order valence-electron chi connectivity index (χ2n) is 4.81. The van der Waals surface area contributed by atoms with E-state index in [4.69, 9.17) is 0 Å². The Bertz CT molecular complexity index is 472. The van der Waals surface area contributed by atoms with E-state index in [1.807, 2.05) is 0 Å². The molecular weight excluding hydrogens is 290 g/mol. The molecule has 1 amide bonds. The van der Waals surface area contributed by atoms with Crippen molar-refractivity contribution in [3.8, 4) is 0 Å². The molecule has 8 heteroatoms. The lowest BCUT2D eigenvalue weighted by molar-refractivity contribution is -0.121. The van der Waals surface area contributed by atoms with Crippen molar-refractivity contribution in [2.75, 3.05) is 13.1 Å². The first-order valence-corrected chi connectivity index (χ1v) is 6.32. The molecule has 0 aliphatic carbocycles. The van der Waals surface area contributed by atoms with E-state index in [0.29, 0.717) is 21.6 Å². The monoisotopic (exact) mass is 308 g/mol. The van der Waals surface area contributed by atoms with Gasteiger partial charge in [0.1, 0.15) is 0 Å². The van der Waals surface area contributed by atoms with Gasteiger partial charge in [-0.15, -0.1) is 12.4 Å². The molecule has 5 nitrogen and oxygen atoms in total. The van der Waals surface area contributed by atoms with Gasteiger partial charge in [0.15, 0.2) is 0 Å². The summed E-state index contributed by atoms with van der Waals surface area (Å²) in [5.41, 5.74) is 1.42. The summed E-state index contributed by atoms with van der Waals surface area (Å²) in [7, 11) is 0. The third-order valence-corrected chi connectivity index (χ3v) is 3.42. The molecule has 0 saturated carbocycles. The fourth-order valence-electron chi connectivity index (χ4n) is 2.36. The van der Waals surface area contributed by atoms with Crippen LogP contribution in [0.1, 0.15) is 29.9 Å². The van der Waals surface area contributed by atoms with E-state index in [-0.39, 0.29) is 30.8 Å². The van der Waals surface area contributed by atoms with Crippen LogP contribution in [0, 0.1) is 13.8 Å². The Kier molecular flexibility index (Phi) is 5.88. The Balaban J connectivity index is 0.00000200. The molecule has 1 aromatic heterocycles. The van der Waals surface area contributed by atoms with Crippen LogP contribution in [-0.4, -0.2) is 34.8 Å². The van der Waals surface area contributed by atoms with Crippen LogP contribution in [0.5, 0.6) is 0 Å². The second kappa shape index (κ2) is 6.99. The third-order valence-electron chi connectivity index (χ3n) is 3.42. The Morgan fingerprint density at radius 2 is 2.25 bits per heavy atom. The lowest BCUT2D eigenvalue weighted by Gasteiger charge is -2.11. The average molecular weight is 309 g/mol. The summed E-state index contributed by atoms with van der Waals surface area (Å²) in [5.74, 6) is -0.145. The number of hydrogen-bond acceptors (Lipinski definition) is 3. The molecule has 1 fully saturated rings. The number of carbonyl (C=O) groups excluding carboxylic acids is 1. The van der Waals surface area contributed by atoms with Gasteiger partial charge >= 0.3 is 6.55 Å². The molecule has 1 aliphatic rings. The van der Waals surface area contributed by atoms with Crippen molar-refractivity contribution in [3.05, 3.63) is 17.0 Å². The van der Waals surface area contributed by atoms with Gasteiger partial charge in [-0.1, -0.05) is 0 Å². The van der Waals surface area contributed by atoms with Crippen LogP contribution in [0.3, 0.4) is 0 Å². The van der Waals surface area contributed by atoms with E-state index in [2.05, 4.69) is 15.7 Å². The first-order valence-electron chi connectivity index (χ1n) is 6.32. The highest BCUT2D eigenvalue weighted by Crippen LogP contribution is 2.19. The van der Waals surface area contributed by atoms with Crippen molar-refractivity contribution in [3.63, 3.8) is 0 Å². The van der Waals surface area contributed by atoms with E-state index in [0.717, 1.165) is 19.5 Å². The molecule has 1 atom stereocenters. The van der Waals surface area contributed by atoms with Gasteiger partial charge in [0.2, 0.25) is 5.91 Å². The summed E-state index contributed by atoms with van der Waals surface area (Å²) >= 11 is 0. The number of nitrogens with one attached hydrogen (secondary N) is 2. The topological polar surface area (TPSA) is 59.0 Å². The largest absolute Gasteiger partial charge is 0.352 e. The Morgan fingerprint density at radius 1 is 1.55 bits per heavy atom. The van der Waals surface area contributed by atoms with Crippen molar-refractivity contribution in [1.29, 1.82) is 0 Å². The maximum atomic E-state index is 12.7. The zero-order chi connectivity index (χ0) is 14.0. The zero-order valence-electron chi connectivity index (χ0n) is 11.4. The molecule has 20 heavy (non-hydrogen) atoms. The van der Waals surface area contributed by atoms with E-state index >= 15 is 0 Å². The molecule has 2 N–H and O–H groups in total. The molecule has 1 saturated heterocycles. The Hall–Kier alpha value is -1.21. The van der Waals surface area contributed by atoms with Crippen molar-refractivity contribution in [1.82, 2.24) is 20.4 Å². The summed E-state index contributed by atoms with van der Waals surface area (Å²) in [6.45, 7) is 2.19. The number of carbonyl (C=O) groups is 1.